The first-order chi connectivity index (χ1) is 8.65. The van der Waals surface area contributed by atoms with Crippen LogP contribution in [0, 0.1) is 0 Å². The first-order valence-corrected chi connectivity index (χ1v) is 5.66. The summed E-state index contributed by atoms with van der Waals surface area (Å²) in [6.45, 7) is 1.28. The fourth-order valence-corrected chi connectivity index (χ4v) is 1.41. The Kier molecular flexibility index (Phi) is 5.86. The van der Waals surface area contributed by atoms with E-state index in [2.05, 4.69) is 10.4 Å². The maximum atomic E-state index is 11.8. The molecule has 0 atom stereocenters. The van der Waals surface area contributed by atoms with Crippen molar-refractivity contribution in [2.75, 3.05) is 20.3 Å². The van der Waals surface area contributed by atoms with Crippen LogP contribution in [0.3, 0.4) is 0 Å². The van der Waals surface area contributed by atoms with Gasteiger partial charge in [0.25, 0.3) is 5.91 Å². The van der Waals surface area contributed by atoms with Gasteiger partial charge in [0.2, 0.25) is 0 Å². The molecule has 0 saturated heterocycles. The lowest BCUT2D eigenvalue weighted by Crippen LogP contribution is -2.28. The number of nitrogens with one attached hydrogen (secondary N) is 1. The van der Waals surface area contributed by atoms with Gasteiger partial charge in [-0.1, -0.05) is 0 Å². The Hall–Kier alpha value is -1.89. The van der Waals surface area contributed by atoms with Gasteiger partial charge >= 0.3 is 5.97 Å². The second kappa shape index (κ2) is 7.44. The van der Waals surface area contributed by atoms with Crippen molar-refractivity contribution in [3.63, 3.8) is 0 Å². The zero-order chi connectivity index (χ0) is 13.4. The molecule has 0 unspecified atom stereocenters. The molecule has 0 spiro atoms. The molecule has 18 heavy (non-hydrogen) atoms. The number of hydrogen-bond donors (Lipinski definition) is 2. The lowest BCUT2D eigenvalue weighted by molar-refractivity contribution is -0.137. The maximum absolute atomic E-state index is 11.8. The molecule has 0 radical (unpaired) electrons. The van der Waals surface area contributed by atoms with Gasteiger partial charge in [0, 0.05) is 26.5 Å². The second-order valence-electron chi connectivity index (χ2n) is 3.69. The van der Waals surface area contributed by atoms with Gasteiger partial charge in [-0.2, -0.15) is 5.10 Å². The van der Waals surface area contributed by atoms with E-state index in [1.165, 1.54) is 10.9 Å². The van der Waals surface area contributed by atoms with Crippen molar-refractivity contribution >= 4 is 11.9 Å². The Morgan fingerprint density at radius 1 is 1.56 bits per heavy atom. The van der Waals surface area contributed by atoms with Crippen molar-refractivity contribution in [2.45, 2.75) is 19.4 Å². The predicted molar refractivity (Wildman–Crippen MR) is 63.3 cm³/mol. The normalized spacial score (nSPS) is 10.3. The van der Waals surface area contributed by atoms with Crippen LogP contribution in [-0.2, 0) is 16.1 Å². The number of methoxy groups -OCH3 is 1. The van der Waals surface area contributed by atoms with E-state index in [1.54, 1.807) is 13.2 Å². The summed E-state index contributed by atoms with van der Waals surface area (Å²) in [4.78, 5) is 22.2. The Morgan fingerprint density at radius 2 is 2.33 bits per heavy atom. The van der Waals surface area contributed by atoms with Crippen LogP contribution in [0.5, 0.6) is 0 Å². The standard InChI is InChI=1S/C11H17N3O4/c1-18-8-2-5-12-11(17)9-3-6-13-14(9)7-4-10(15)16/h3,6H,2,4-5,7-8H2,1H3,(H,12,17)(H,15,16). The molecule has 1 amide bonds. The van der Waals surface area contributed by atoms with Crippen LogP contribution < -0.4 is 5.32 Å². The number of carbonyl (C=O) groups excluding carboxylic acids is 1. The van der Waals surface area contributed by atoms with Gasteiger partial charge in [-0.3, -0.25) is 14.3 Å². The molecule has 1 aromatic heterocycles. The predicted octanol–water partition coefficient (Wildman–Crippen LogP) is 0.124. The van der Waals surface area contributed by atoms with Gasteiger partial charge < -0.3 is 15.2 Å². The van der Waals surface area contributed by atoms with Gasteiger partial charge in [0.05, 0.1) is 13.0 Å². The van der Waals surface area contributed by atoms with E-state index in [4.69, 9.17) is 9.84 Å². The van der Waals surface area contributed by atoms with E-state index in [0.717, 1.165) is 6.42 Å². The Balaban J connectivity index is 2.47. The molecule has 100 valence electrons. The Bertz CT molecular complexity index is 403. The molecule has 0 aromatic carbocycles. The highest BCUT2D eigenvalue weighted by Crippen LogP contribution is 2.00. The molecule has 1 rings (SSSR count). The number of nitrogens with zero attached hydrogens (tertiary/aromatic N) is 2. The zero-order valence-electron chi connectivity index (χ0n) is 10.3. The van der Waals surface area contributed by atoms with E-state index >= 15 is 0 Å². The van der Waals surface area contributed by atoms with Crippen LogP contribution in [0.2, 0.25) is 0 Å². The van der Waals surface area contributed by atoms with Gasteiger partial charge in [-0.15, -0.1) is 0 Å². The second-order valence-corrected chi connectivity index (χ2v) is 3.69. The molecule has 7 heteroatoms. The molecule has 1 heterocycles. The first-order valence-electron chi connectivity index (χ1n) is 5.66. The van der Waals surface area contributed by atoms with E-state index < -0.39 is 5.97 Å². The summed E-state index contributed by atoms with van der Waals surface area (Å²) < 4.78 is 6.26. The van der Waals surface area contributed by atoms with Gasteiger partial charge in [-0.25, -0.2) is 0 Å². The average Bonchev–Trinajstić information content (AvgIpc) is 2.80. The number of carboxylic acid groups (broad SMARTS) is 1. The summed E-state index contributed by atoms with van der Waals surface area (Å²) in [5.41, 5.74) is 0.369. The van der Waals surface area contributed by atoms with Crippen LogP contribution in [0.1, 0.15) is 23.3 Å². The largest absolute Gasteiger partial charge is 0.481 e. The lowest BCUT2D eigenvalue weighted by Gasteiger charge is -2.07. The molecule has 0 saturated carbocycles. The minimum Gasteiger partial charge on any atom is -0.481 e. The minimum absolute atomic E-state index is 0.0639. The highest BCUT2D eigenvalue weighted by Gasteiger charge is 2.11. The van der Waals surface area contributed by atoms with Crippen molar-refractivity contribution in [3.8, 4) is 0 Å². The van der Waals surface area contributed by atoms with Gasteiger partial charge in [-0.05, 0) is 12.5 Å². The van der Waals surface area contributed by atoms with Gasteiger partial charge in [0.15, 0.2) is 0 Å². The van der Waals surface area contributed by atoms with E-state index in [-0.39, 0.29) is 18.9 Å². The minimum atomic E-state index is -0.919. The SMILES string of the molecule is COCCCNC(=O)c1ccnn1CCC(=O)O. The van der Waals surface area contributed by atoms with Crippen molar-refractivity contribution < 1.29 is 19.4 Å². The quantitative estimate of drug-likeness (QED) is 0.644. The highest BCUT2D eigenvalue weighted by atomic mass is 16.5. The molecule has 0 aliphatic heterocycles. The van der Waals surface area contributed by atoms with Crippen LogP contribution in [0.25, 0.3) is 0 Å². The fourth-order valence-electron chi connectivity index (χ4n) is 1.41. The summed E-state index contributed by atoms with van der Waals surface area (Å²) in [7, 11) is 1.60. The molecular formula is C11H17N3O4. The summed E-state index contributed by atoms with van der Waals surface area (Å²) in [5.74, 6) is -1.18. The van der Waals surface area contributed by atoms with E-state index in [0.29, 0.717) is 18.8 Å². The number of aliphatic carboxylic acids is 1. The topological polar surface area (TPSA) is 93.5 Å². The summed E-state index contributed by atoms with van der Waals surface area (Å²) in [5, 5.41) is 15.2. The number of aromatic nitrogens is 2. The highest BCUT2D eigenvalue weighted by molar-refractivity contribution is 5.92. The Morgan fingerprint density at radius 3 is 3.00 bits per heavy atom. The van der Waals surface area contributed by atoms with Crippen molar-refractivity contribution in [1.82, 2.24) is 15.1 Å². The van der Waals surface area contributed by atoms with Crippen LogP contribution in [-0.4, -0.2) is 47.0 Å². The lowest BCUT2D eigenvalue weighted by atomic mass is 10.3. The molecule has 1 aromatic rings. The number of amides is 1. The maximum Gasteiger partial charge on any atom is 0.305 e. The Labute approximate surface area is 105 Å². The monoisotopic (exact) mass is 255 g/mol. The van der Waals surface area contributed by atoms with E-state index in [1.807, 2.05) is 0 Å². The molecule has 2 N–H and O–H groups in total. The van der Waals surface area contributed by atoms with Crippen LogP contribution in [0.15, 0.2) is 12.3 Å². The summed E-state index contributed by atoms with van der Waals surface area (Å²) in [6.07, 6.45) is 2.14. The van der Waals surface area contributed by atoms with Crippen molar-refractivity contribution in [2.24, 2.45) is 0 Å². The molecule has 0 bridgehead atoms. The summed E-state index contributed by atoms with van der Waals surface area (Å²) in [6, 6.07) is 1.56. The van der Waals surface area contributed by atoms with Gasteiger partial charge in [0.1, 0.15) is 5.69 Å². The number of ether oxygens (including phenoxy) is 1. The first kappa shape index (κ1) is 14.2. The molecule has 0 aliphatic rings. The smallest absolute Gasteiger partial charge is 0.305 e. The fraction of sp³-hybridized carbons (Fsp3) is 0.545. The van der Waals surface area contributed by atoms with Crippen LogP contribution in [0.4, 0.5) is 0 Å². The third kappa shape index (κ3) is 4.54. The number of rotatable bonds is 8. The third-order valence-electron chi connectivity index (χ3n) is 2.30. The summed E-state index contributed by atoms with van der Waals surface area (Å²) >= 11 is 0. The average molecular weight is 255 g/mol. The molecular weight excluding hydrogens is 238 g/mol. The molecule has 0 fully saturated rings. The number of hydrogen-bond acceptors (Lipinski definition) is 4. The molecule has 0 aliphatic carbocycles. The molecule has 7 nitrogen and oxygen atoms in total. The number of aryl methyl sites for hydroxylation is 1. The number of carbonyl (C=O) groups is 2. The zero-order valence-corrected chi connectivity index (χ0v) is 10.3. The third-order valence-corrected chi connectivity index (χ3v) is 2.30. The van der Waals surface area contributed by atoms with E-state index in [9.17, 15) is 9.59 Å². The van der Waals surface area contributed by atoms with Crippen molar-refractivity contribution in [1.29, 1.82) is 0 Å². The number of carboxylic acids is 1. The van der Waals surface area contributed by atoms with Crippen LogP contribution >= 0.6 is 0 Å². The van der Waals surface area contributed by atoms with Crippen molar-refractivity contribution in [3.05, 3.63) is 18.0 Å².